The Labute approximate surface area is 181 Å². The number of fused-ring (bicyclic) bond motifs is 1. The Morgan fingerprint density at radius 2 is 2.07 bits per heavy atom. The van der Waals surface area contributed by atoms with E-state index in [1.165, 1.54) is 32.1 Å². The van der Waals surface area contributed by atoms with Crippen molar-refractivity contribution in [1.82, 2.24) is 19.8 Å². The van der Waals surface area contributed by atoms with E-state index < -0.39 is 0 Å². The van der Waals surface area contributed by atoms with Gasteiger partial charge in [-0.15, -0.1) is 11.3 Å². The summed E-state index contributed by atoms with van der Waals surface area (Å²) in [5.74, 6) is 1.08. The van der Waals surface area contributed by atoms with Crippen LogP contribution in [0.15, 0.2) is 22.3 Å². The lowest BCUT2D eigenvalue weighted by Gasteiger charge is -2.37. The van der Waals surface area contributed by atoms with Gasteiger partial charge in [0.1, 0.15) is 5.82 Å². The van der Waals surface area contributed by atoms with Crippen molar-refractivity contribution in [2.24, 2.45) is 0 Å². The molecule has 0 spiro atoms. The van der Waals surface area contributed by atoms with Gasteiger partial charge in [-0.2, -0.15) is 0 Å². The van der Waals surface area contributed by atoms with Crippen LogP contribution in [0.2, 0.25) is 0 Å². The molecule has 7 heteroatoms. The number of aromatic amines is 1. The van der Waals surface area contributed by atoms with E-state index in [2.05, 4.69) is 9.88 Å². The summed E-state index contributed by atoms with van der Waals surface area (Å²) in [5.41, 5.74) is 1.86. The average molecular weight is 427 g/mol. The van der Waals surface area contributed by atoms with Gasteiger partial charge in [-0.05, 0) is 30.7 Å². The van der Waals surface area contributed by atoms with Gasteiger partial charge in [0.15, 0.2) is 0 Å². The molecule has 4 heterocycles. The van der Waals surface area contributed by atoms with Gasteiger partial charge in [0, 0.05) is 49.4 Å². The van der Waals surface area contributed by atoms with E-state index in [0.717, 1.165) is 54.4 Å². The minimum atomic E-state index is 0.0267. The molecule has 2 fully saturated rings. The lowest BCUT2D eigenvalue weighted by molar-refractivity contribution is -0.129. The molecule has 1 unspecified atom stereocenters. The van der Waals surface area contributed by atoms with E-state index in [-0.39, 0.29) is 17.4 Å². The van der Waals surface area contributed by atoms with Crippen LogP contribution in [0.3, 0.4) is 0 Å². The van der Waals surface area contributed by atoms with E-state index in [0.29, 0.717) is 19.0 Å². The molecule has 1 saturated carbocycles. The maximum Gasteiger partial charge on any atom is 0.255 e. The topological polar surface area (TPSA) is 69.3 Å². The van der Waals surface area contributed by atoms with Gasteiger partial charge in [-0.3, -0.25) is 14.5 Å². The number of nitrogens with zero attached hydrogens (tertiary/aromatic N) is 3. The summed E-state index contributed by atoms with van der Waals surface area (Å²) in [6.07, 6.45) is 8.68. The van der Waals surface area contributed by atoms with Crippen molar-refractivity contribution in [3.8, 4) is 0 Å². The monoisotopic (exact) mass is 426 g/mol. The Kier molecular flexibility index (Phi) is 5.74. The van der Waals surface area contributed by atoms with E-state index in [4.69, 9.17) is 4.98 Å². The van der Waals surface area contributed by atoms with Gasteiger partial charge in [0.05, 0.1) is 17.7 Å². The Balaban J connectivity index is 1.26. The minimum absolute atomic E-state index is 0.0267. The molecule has 1 atom stereocenters. The third-order valence-electron chi connectivity index (χ3n) is 7.04. The average Bonchev–Trinajstić information content (AvgIpc) is 3.46. The maximum atomic E-state index is 12.9. The predicted octanol–water partition coefficient (Wildman–Crippen LogP) is 3.08. The van der Waals surface area contributed by atoms with E-state index >= 15 is 0 Å². The van der Waals surface area contributed by atoms with E-state index in [9.17, 15) is 9.59 Å². The summed E-state index contributed by atoms with van der Waals surface area (Å²) in [7, 11) is 0. The zero-order chi connectivity index (χ0) is 20.5. The molecule has 6 nitrogen and oxygen atoms in total. The van der Waals surface area contributed by atoms with Crippen molar-refractivity contribution in [1.29, 1.82) is 0 Å². The van der Waals surface area contributed by atoms with Gasteiger partial charge in [0.25, 0.3) is 5.56 Å². The first-order chi connectivity index (χ1) is 14.7. The number of carbonyl (C=O) groups is 1. The number of amides is 1. The molecule has 160 valence electrons. The first-order valence-electron chi connectivity index (χ1n) is 11.3. The van der Waals surface area contributed by atoms with Gasteiger partial charge in [0.2, 0.25) is 5.91 Å². The zero-order valence-electron chi connectivity index (χ0n) is 17.4. The van der Waals surface area contributed by atoms with E-state index in [1.54, 1.807) is 11.3 Å². The number of aromatic nitrogens is 2. The van der Waals surface area contributed by atoms with Crippen molar-refractivity contribution < 1.29 is 4.79 Å². The molecule has 1 saturated heterocycles. The van der Waals surface area contributed by atoms with Crippen molar-refractivity contribution in [3.63, 3.8) is 0 Å². The Morgan fingerprint density at radius 3 is 2.87 bits per heavy atom. The molecular weight excluding hydrogens is 396 g/mol. The van der Waals surface area contributed by atoms with Crippen LogP contribution < -0.4 is 5.56 Å². The number of nitrogens with one attached hydrogen (secondary N) is 1. The zero-order valence-corrected chi connectivity index (χ0v) is 18.3. The smallest absolute Gasteiger partial charge is 0.255 e. The largest absolute Gasteiger partial charge is 0.342 e. The number of rotatable bonds is 4. The number of carbonyl (C=O) groups excluding carboxylic acids is 1. The fourth-order valence-electron chi connectivity index (χ4n) is 5.30. The molecule has 3 aliphatic rings. The molecule has 0 radical (unpaired) electrons. The van der Waals surface area contributed by atoms with Crippen molar-refractivity contribution in [2.45, 2.75) is 69.9 Å². The predicted molar refractivity (Wildman–Crippen MR) is 118 cm³/mol. The quantitative estimate of drug-likeness (QED) is 0.816. The minimum Gasteiger partial charge on any atom is -0.342 e. The summed E-state index contributed by atoms with van der Waals surface area (Å²) in [4.78, 5) is 39.0. The van der Waals surface area contributed by atoms with Crippen molar-refractivity contribution in [2.75, 3.05) is 19.6 Å². The van der Waals surface area contributed by atoms with Crippen LogP contribution in [0.1, 0.15) is 66.4 Å². The van der Waals surface area contributed by atoms with Crippen LogP contribution in [0, 0.1) is 0 Å². The summed E-state index contributed by atoms with van der Waals surface area (Å²) < 4.78 is 0. The van der Waals surface area contributed by atoms with Crippen LogP contribution in [-0.2, 0) is 24.2 Å². The summed E-state index contributed by atoms with van der Waals surface area (Å²) >= 11 is 1.62. The highest BCUT2D eigenvalue weighted by atomic mass is 32.1. The molecule has 0 aromatic carbocycles. The molecule has 0 bridgehead atoms. The highest BCUT2D eigenvalue weighted by Gasteiger charge is 2.32. The number of hydrogen-bond donors (Lipinski definition) is 1. The van der Waals surface area contributed by atoms with Gasteiger partial charge >= 0.3 is 0 Å². The fourth-order valence-corrected chi connectivity index (χ4v) is 6.00. The first kappa shape index (κ1) is 19.9. The van der Waals surface area contributed by atoms with E-state index in [1.807, 2.05) is 22.4 Å². The molecule has 2 aliphatic heterocycles. The second kappa shape index (κ2) is 8.63. The second-order valence-electron chi connectivity index (χ2n) is 8.97. The maximum absolute atomic E-state index is 12.9. The van der Waals surface area contributed by atoms with Crippen LogP contribution in [0.5, 0.6) is 0 Å². The molecule has 2 aromatic heterocycles. The standard InChI is InChI=1S/C23H30N4O2S/c28-21(13-18-7-4-12-30-18)27-10-8-16(14-27)22-24-20-9-11-26(15-19(20)23(29)25-22)17-5-2-1-3-6-17/h4,7,12,16-17H,1-3,5-6,8-11,13-15H2,(H,24,25,29). The molecule has 5 rings (SSSR count). The number of thiophene rings is 1. The fraction of sp³-hybridized carbons (Fsp3) is 0.609. The first-order valence-corrected chi connectivity index (χ1v) is 12.2. The molecule has 1 amide bonds. The highest BCUT2D eigenvalue weighted by molar-refractivity contribution is 7.10. The Morgan fingerprint density at radius 1 is 1.20 bits per heavy atom. The molecule has 1 N–H and O–H groups in total. The van der Waals surface area contributed by atoms with Crippen molar-refractivity contribution in [3.05, 3.63) is 49.8 Å². The third kappa shape index (κ3) is 4.10. The third-order valence-corrected chi connectivity index (χ3v) is 7.92. The summed E-state index contributed by atoms with van der Waals surface area (Å²) in [5, 5.41) is 2.01. The van der Waals surface area contributed by atoms with Gasteiger partial charge in [-0.25, -0.2) is 4.98 Å². The number of hydrogen-bond acceptors (Lipinski definition) is 5. The number of likely N-dealkylation sites (tertiary alicyclic amines) is 1. The molecular formula is C23H30N4O2S. The SMILES string of the molecule is O=C(Cc1cccs1)N1CCC(c2nc3c(c(=O)[nH]2)CN(C2CCCCC2)CC3)C1. The Hall–Kier alpha value is -1.99. The second-order valence-corrected chi connectivity index (χ2v) is 10.0. The summed E-state index contributed by atoms with van der Waals surface area (Å²) in [6.45, 7) is 3.13. The lowest BCUT2D eigenvalue weighted by atomic mass is 9.92. The van der Waals surface area contributed by atoms with Crippen LogP contribution in [0.4, 0.5) is 0 Å². The number of H-pyrrole nitrogens is 1. The summed E-state index contributed by atoms with van der Waals surface area (Å²) in [6, 6.07) is 4.62. The van der Waals surface area contributed by atoms with Crippen LogP contribution in [0.25, 0.3) is 0 Å². The van der Waals surface area contributed by atoms with Gasteiger partial charge in [-0.1, -0.05) is 25.3 Å². The van der Waals surface area contributed by atoms with Crippen LogP contribution in [-0.4, -0.2) is 51.4 Å². The molecule has 2 aromatic rings. The highest BCUT2D eigenvalue weighted by Crippen LogP contribution is 2.29. The Bertz CT molecular complexity index is 949. The molecule has 1 aliphatic carbocycles. The normalized spacial score (nSPS) is 22.9. The molecule has 30 heavy (non-hydrogen) atoms. The lowest BCUT2D eigenvalue weighted by Crippen LogP contribution is -2.43. The van der Waals surface area contributed by atoms with Gasteiger partial charge < -0.3 is 9.88 Å². The van der Waals surface area contributed by atoms with Crippen LogP contribution >= 0.6 is 11.3 Å². The van der Waals surface area contributed by atoms with Crippen molar-refractivity contribution >= 4 is 17.2 Å².